The number of fused-ring (bicyclic) bond motifs is 1. The number of anilines is 1. The standard InChI is InChI=1S/C27H25NO5/c1-2-3-7-24-26(22-6-4-5-8-23(22)33-24)27(31)28-20-13-9-18(10-14-20)19-11-15-21(16-12-19)32-17-25(29)30/h4-6,8-16H,2-3,7,17H2,1H3,(H,28,31)(H,29,30). The molecule has 2 N–H and O–H groups in total. The van der Waals surface area contributed by atoms with Crippen molar-refractivity contribution < 1.29 is 23.8 Å². The van der Waals surface area contributed by atoms with E-state index in [4.69, 9.17) is 14.3 Å². The topological polar surface area (TPSA) is 88.8 Å². The van der Waals surface area contributed by atoms with Crippen molar-refractivity contribution >= 4 is 28.5 Å². The highest BCUT2D eigenvalue weighted by Crippen LogP contribution is 2.29. The lowest BCUT2D eigenvalue weighted by molar-refractivity contribution is -0.139. The third kappa shape index (κ3) is 5.23. The number of aryl methyl sites for hydroxylation is 1. The van der Waals surface area contributed by atoms with Crippen molar-refractivity contribution in [1.82, 2.24) is 0 Å². The second-order valence-corrected chi connectivity index (χ2v) is 7.74. The fourth-order valence-corrected chi connectivity index (χ4v) is 3.69. The van der Waals surface area contributed by atoms with Crippen LogP contribution < -0.4 is 10.1 Å². The first kappa shape index (κ1) is 22.1. The number of hydrogen-bond acceptors (Lipinski definition) is 4. The number of carboxylic acids is 1. The van der Waals surface area contributed by atoms with Crippen LogP contribution in [0.1, 0.15) is 35.9 Å². The molecule has 0 atom stereocenters. The number of carboxylic acid groups (broad SMARTS) is 1. The molecular formula is C27H25NO5. The lowest BCUT2D eigenvalue weighted by atomic mass is 10.0. The van der Waals surface area contributed by atoms with Gasteiger partial charge in [-0.25, -0.2) is 4.79 Å². The molecule has 33 heavy (non-hydrogen) atoms. The van der Waals surface area contributed by atoms with Crippen LogP contribution in [-0.2, 0) is 11.2 Å². The van der Waals surface area contributed by atoms with Gasteiger partial charge in [0.25, 0.3) is 5.91 Å². The molecule has 0 aliphatic heterocycles. The zero-order valence-corrected chi connectivity index (χ0v) is 18.3. The van der Waals surface area contributed by atoms with Crippen molar-refractivity contribution in [3.8, 4) is 16.9 Å². The lowest BCUT2D eigenvalue weighted by Gasteiger charge is -2.08. The van der Waals surface area contributed by atoms with Crippen molar-refractivity contribution in [1.29, 1.82) is 0 Å². The van der Waals surface area contributed by atoms with Gasteiger partial charge in [0.2, 0.25) is 0 Å². The Morgan fingerprint density at radius 2 is 1.61 bits per heavy atom. The van der Waals surface area contributed by atoms with Gasteiger partial charge in [0.15, 0.2) is 6.61 Å². The van der Waals surface area contributed by atoms with Gasteiger partial charge in [0.1, 0.15) is 17.1 Å². The summed E-state index contributed by atoms with van der Waals surface area (Å²) in [6, 6.07) is 22.4. The minimum absolute atomic E-state index is 0.182. The van der Waals surface area contributed by atoms with Crippen molar-refractivity contribution in [2.24, 2.45) is 0 Å². The molecule has 0 spiro atoms. The number of ether oxygens (including phenoxy) is 1. The van der Waals surface area contributed by atoms with E-state index < -0.39 is 5.97 Å². The molecule has 0 radical (unpaired) electrons. The number of nitrogens with one attached hydrogen (secondary N) is 1. The molecule has 168 valence electrons. The molecule has 1 heterocycles. The average molecular weight is 443 g/mol. The Morgan fingerprint density at radius 3 is 2.27 bits per heavy atom. The average Bonchev–Trinajstić information content (AvgIpc) is 3.20. The molecule has 0 fully saturated rings. The summed E-state index contributed by atoms with van der Waals surface area (Å²) in [6.45, 7) is 1.74. The first-order valence-electron chi connectivity index (χ1n) is 10.9. The van der Waals surface area contributed by atoms with Gasteiger partial charge >= 0.3 is 5.97 Å². The Kier molecular flexibility index (Phi) is 6.74. The van der Waals surface area contributed by atoms with Crippen molar-refractivity contribution in [3.63, 3.8) is 0 Å². The van der Waals surface area contributed by atoms with Crippen LogP contribution in [-0.4, -0.2) is 23.6 Å². The molecule has 0 saturated carbocycles. The lowest BCUT2D eigenvalue weighted by Crippen LogP contribution is -2.13. The highest BCUT2D eigenvalue weighted by Gasteiger charge is 2.20. The summed E-state index contributed by atoms with van der Waals surface area (Å²) in [7, 11) is 0. The minimum atomic E-state index is -1.02. The van der Waals surface area contributed by atoms with Gasteiger partial charge < -0.3 is 19.6 Å². The molecular weight excluding hydrogens is 418 g/mol. The van der Waals surface area contributed by atoms with E-state index >= 15 is 0 Å². The number of para-hydroxylation sites is 1. The van der Waals surface area contributed by atoms with E-state index in [0.29, 0.717) is 17.0 Å². The predicted molar refractivity (Wildman–Crippen MR) is 128 cm³/mol. The van der Waals surface area contributed by atoms with E-state index in [9.17, 15) is 9.59 Å². The van der Waals surface area contributed by atoms with E-state index in [-0.39, 0.29) is 12.5 Å². The normalized spacial score (nSPS) is 10.8. The van der Waals surface area contributed by atoms with Crippen LogP contribution in [0.3, 0.4) is 0 Å². The fourth-order valence-electron chi connectivity index (χ4n) is 3.69. The van der Waals surface area contributed by atoms with E-state index in [1.165, 1.54) is 0 Å². The highest BCUT2D eigenvalue weighted by atomic mass is 16.5. The first-order chi connectivity index (χ1) is 16.0. The van der Waals surface area contributed by atoms with E-state index in [0.717, 1.165) is 47.1 Å². The number of hydrogen-bond donors (Lipinski definition) is 2. The quantitative estimate of drug-likeness (QED) is 0.323. The zero-order chi connectivity index (χ0) is 23.2. The third-order valence-corrected chi connectivity index (χ3v) is 5.35. The summed E-state index contributed by atoms with van der Waals surface area (Å²) in [5.74, 6) is 0.0185. The largest absolute Gasteiger partial charge is 0.482 e. The maximum absolute atomic E-state index is 13.1. The van der Waals surface area contributed by atoms with Gasteiger partial charge in [-0.15, -0.1) is 0 Å². The molecule has 6 heteroatoms. The molecule has 4 rings (SSSR count). The third-order valence-electron chi connectivity index (χ3n) is 5.35. The fraction of sp³-hybridized carbons (Fsp3) is 0.185. The second-order valence-electron chi connectivity index (χ2n) is 7.74. The monoisotopic (exact) mass is 443 g/mol. The Hall–Kier alpha value is -4.06. The summed E-state index contributed by atoms with van der Waals surface area (Å²) in [5.41, 5.74) is 3.94. The van der Waals surface area contributed by atoms with E-state index in [1.54, 1.807) is 12.1 Å². The Balaban J connectivity index is 1.49. The van der Waals surface area contributed by atoms with Gasteiger partial charge in [-0.1, -0.05) is 55.8 Å². The van der Waals surface area contributed by atoms with Crippen molar-refractivity contribution in [2.75, 3.05) is 11.9 Å². The predicted octanol–water partition coefficient (Wildman–Crippen LogP) is 6.16. The molecule has 0 bridgehead atoms. The van der Waals surface area contributed by atoms with Crippen molar-refractivity contribution in [3.05, 3.63) is 84.1 Å². The highest BCUT2D eigenvalue weighted by molar-refractivity contribution is 6.13. The van der Waals surface area contributed by atoms with Crippen LogP contribution in [0, 0.1) is 0 Å². The number of benzene rings is 3. The van der Waals surface area contributed by atoms with Crippen LogP contribution in [0.5, 0.6) is 5.75 Å². The maximum Gasteiger partial charge on any atom is 0.341 e. The summed E-state index contributed by atoms with van der Waals surface area (Å²) < 4.78 is 11.1. The molecule has 1 amide bonds. The second kappa shape index (κ2) is 10.0. The van der Waals surface area contributed by atoms with Crippen molar-refractivity contribution in [2.45, 2.75) is 26.2 Å². The molecule has 0 aliphatic carbocycles. The van der Waals surface area contributed by atoms with Crippen LogP contribution >= 0.6 is 0 Å². The molecule has 6 nitrogen and oxygen atoms in total. The Morgan fingerprint density at radius 1 is 0.939 bits per heavy atom. The van der Waals surface area contributed by atoms with Crippen LogP contribution in [0.25, 0.3) is 22.1 Å². The first-order valence-corrected chi connectivity index (χ1v) is 10.9. The molecule has 0 unspecified atom stereocenters. The number of furan rings is 1. The number of unbranched alkanes of at least 4 members (excludes halogenated alkanes) is 1. The Labute approximate surface area is 191 Å². The zero-order valence-electron chi connectivity index (χ0n) is 18.3. The summed E-state index contributed by atoms with van der Waals surface area (Å²) in [5, 5.41) is 12.5. The molecule has 1 aromatic heterocycles. The summed E-state index contributed by atoms with van der Waals surface area (Å²) in [6.07, 6.45) is 2.69. The van der Waals surface area contributed by atoms with Gasteiger partial charge in [0, 0.05) is 17.5 Å². The van der Waals surface area contributed by atoms with Gasteiger partial charge in [-0.3, -0.25) is 4.79 Å². The summed E-state index contributed by atoms with van der Waals surface area (Å²) in [4.78, 5) is 23.8. The maximum atomic E-state index is 13.1. The van der Waals surface area contributed by atoms with E-state index in [2.05, 4.69) is 12.2 Å². The molecule has 3 aromatic carbocycles. The van der Waals surface area contributed by atoms with E-state index in [1.807, 2.05) is 60.7 Å². The minimum Gasteiger partial charge on any atom is -0.482 e. The molecule has 0 saturated heterocycles. The van der Waals surface area contributed by atoms with Gasteiger partial charge in [-0.2, -0.15) is 0 Å². The number of aliphatic carboxylic acids is 1. The van der Waals surface area contributed by atoms with Crippen LogP contribution in [0.4, 0.5) is 5.69 Å². The number of rotatable bonds is 9. The summed E-state index contributed by atoms with van der Waals surface area (Å²) >= 11 is 0. The van der Waals surface area contributed by atoms with Gasteiger partial charge in [-0.05, 0) is 47.9 Å². The molecule has 0 aliphatic rings. The number of carbonyl (C=O) groups excluding carboxylic acids is 1. The Bertz CT molecular complexity index is 1260. The van der Waals surface area contributed by atoms with Crippen LogP contribution in [0.2, 0.25) is 0 Å². The SMILES string of the molecule is CCCCc1oc2ccccc2c1C(=O)Nc1ccc(-c2ccc(OCC(=O)O)cc2)cc1. The number of carbonyl (C=O) groups is 2. The van der Waals surface area contributed by atoms with Crippen LogP contribution in [0.15, 0.2) is 77.2 Å². The smallest absolute Gasteiger partial charge is 0.341 e. The molecule has 4 aromatic rings. The van der Waals surface area contributed by atoms with Gasteiger partial charge in [0.05, 0.1) is 5.56 Å². The number of amides is 1.